The number of furan rings is 1. The largest absolute Gasteiger partial charge is 0.573 e. The zero-order chi connectivity index (χ0) is 10.2. The molecule has 1 heterocycles. The lowest BCUT2D eigenvalue weighted by molar-refractivity contribution is -0.274. The van der Waals surface area contributed by atoms with Gasteiger partial charge in [0.2, 0.25) is 0 Å². The molecule has 2 nitrogen and oxygen atoms in total. The van der Waals surface area contributed by atoms with Crippen molar-refractivity contribution in [1.82, 2.24) is 0 Å². The lowest BCUT2D eigenvalue weighted by Gasteiger charge is -2.08. The Kier molecular flexibility index (Phi) is 1.87. The normalized spacial score (nSPS) is 11.9. The predicted molar refractivity (Wildman–Crippen MR) is 41.7 cm³/mol. The fourth-order valence-electron chi connectivity index (χ4n) is 1.11. The molecule has 0 fully saturated rings. The van der Waals surface area contributed by atoms with Crippen molar-refractivity contribution in [3.05, 3.63) is 30.5 Å². The van der Waals surface area contributed by atoms with E-state index < -0.39 is 6.36 Å². The third-order valence-corrected chi connectivity index (χ3v) is 1.61. The molecule has 0 N–H and O–H groups in total. The van der Waals surface area contributed by atoms with Crippen LogP contribution in [0.2, 0.25) is 0 Å². The van der Waals surface area contributed by atoms with Crippen molar-refractivity contribution >= 4 is 11.0 Å². The molecule has 0 unspecified atom stereocenters. The fourth-order valence-corrected chi connectivity index (χ4v) is 1.11. The summed E-state index contributed by atoms with van der Waals surface area (Å²) in [6.07, 6.45) is -3.41. The molecular formula is C9H4F3O2. The highest BCUT2D eigenvalue weighted by atomic mass is 19.4. The van der Waals surface area contributed by atoms with Crippen molar-refractivity contribution in [3.63, 3.8) is 0 Å². The van der Waals surface area contributed by atoms with Gasteiger partial charge < -0.3 is 9.15 Å². The number of rotatable bonds is 1. The second-order valence-corrected chi connectivity index (χ2v) is 2.55. The molecule has 0 spiro atoms. The Balaban J connectivity index is 2.46. The maximum absolute atomic E-state index is 11.9. The zero-order valence-electron chi connectivity index (χ0n) is 6.76. The van der Waals surface area contributed by atoms with Gasteiger partial charge in [-0.05, 0) is 18.2 Å². The van der Waals surface area contributed by atoms with Crippen molar-refractivity contribution < 1.29 is 22.3 Å². The topological polar surface area (TPSA) is 22.4 Å². The Hall–Kier alpha value is -1.65. The van der Waals surface area contributed by atoms with E-state index in [1.165, 1.54) is 24.5 Å². The minimum Gasteiger partial charge on any atom is -0.464 e. The van der Waals surface area contributed by atoms with Crippen molar-refractivity contribution in [2.24, 2.45) is 0 Å². The lowest BCUT2D eigenvalue weighted by atomic mass is 10.2. The van der Waals surface area contributed by atoms with E-state index in [9.17, 15) is 13.2 Å². The lowest BCUT2D eigenvalue weighted by Crippen LogP contribution is -2.17. The fraction of sp³-hybridized carbons (Fsp3) is 0.111. The van der Waals surface area contributed by atoms with Gasteiger partial charge in [-0.1, -0.05) is 0 Å². The maximum atomic E-state index is 11.9. The third-order valence-electron chi connectivity index (χ3n) is 1.61. The highest BCUT2D eigenvalue weighted by molar-refractivity contribution is 5.83. The molecule has 0 saturated heterocycles. The second kappa shape index (κ2) is 2.94. The number of hydrogen-bond acceptors (Lipinski definition) is 2. The molecule has 0 aliphatic heterocycles. The molecular weight excluding hydrogens is 197 g/mol. The molecule has 1 aromatic carbocycles. The number of alkyl halides is 3. The Labute approximate surface area is 76.9 Å². The van der Waals surface area contributed by atoms with Gasteiger partial charge >= 0.3 is 6.36 Å². The summed E-state index contributed by atoms with van der Waals surface area (Å²) in [6, 6.07) is 6.57. The molecule has 0 saturated carbocycles. The average molecular weight is 201 g/mol. The van der Waals surface area contributed by atoms with Crippen LogP contribution in [0.3, 0.4) is 0 Å². The molecule has 0 atom stereocenters. The molecule has 0 aliphatic carbocycles. The predicted octanol–water partition coefficient (Wildman–Crippen LogP) is 3.13. The minimum atomic E-state index is -4.71. The number of hydrogen-bond donors (Lipinski definition) is 0. The average Bonchev–Trinajstić information content (AvgIpc) is 2.49. The summed E-state index contributed by atoms with van der Waals surface area (Å²) in [6.45, 7) is 0. The van der Waals surface area contributed by atoms with Crippen LogP contribution >= 0.6 is 0 Å². The van der Waals surface area contributed by atoms with Gasteiger partial charge in [0.05, 0.1) is 11.6 Å². The quantitative estimate of drug-likeness (QED) is 0.707. The number of benzene rings is 1. The van der Waals surface area contributed by atoms with E-state index in [-0.39, 0.29) is 11.1 Å². The molecule has 73 valence electrons. The second-order valence-electron chi connectivity index (χ2n) is 2.55. The summed E-state index contributed by atoms with van der Waals surface area (Å²) in [5, 5.41) is 0.254. The van der Waals surface area contributed by atoms with Gasteiger partial charge in [-0.2, -0.15) is 0 Å². The van der Waals surface area contributed by atoms with Crippen molar-refractivity contribution in [1.29, 1.82) is 0 Å². The Morgan fingerprint density at radius 2 is 2.07 bits per heavy atom. The summed E-state index contributed by atoms with van der Waals surface area (Å²) in [5.41, 5.74) is 0.336. The van der Waals surface area contributed by atoms with E-state index in [1.807, 2.05) is 0 Å². The first-order chi connectivity index (χ1) is 6.56. The molecule has 0 aliphatic rings. The molecule has 1 radical (unpaired) electrons. The summed E-state index contributed by atoms with van der Waals surface area (Å²) in [7, 11) is 0. The molecule has 5 heteroatoms. The summed E-state index contributed by atoms with van der Waals surface area (Å²) >= 11 is 0. The standard InChI is InChI=1S/C9H4F3O2/c10-9(11,12)14-8-3-1-2-7-6(8)4-5-13-7/h1-2,4-5H. The van der Waals surface area contributed by atoms with Gasteiger partial charge in [-0.3, -0.25) is 0 Å². The molecule has 2 rings (SSSR count). The van der Waals surface area contributed by atoms with Crippen molar-refractivity contribution in [2.45, 2.75) is 6.36 Å². The van der Waals surface area contributed by atoms with Gasteiger partial charge in [0.1, 0.15) is 11.3 Å². The van der Waals surface area contributed by atoms with Crippen molar-refractivity contribution in [2.75, 3.05) is 0 Å². The van der Waals surface area contributed by atoms with Crippen LogP contribution < -0.4 is 4.74 Å². The van der Waals surface area contributed by atoms with E-state index in [0.29, 0.717) is 5.58 Å². The zero-order valence-corrected chi connectivity index (χ0v) is 6.76. The Bertz CT molecular complexity index is 444. The van der Waals surface area contributed by atoms with E-state index in [4.69, 9.17) is 4.42 Å². The summed E-state index contributed by atoms with van der Waals surface area (Å²) < 4.78 is 44.4. The first kappa shape index (κ1) is 8.93. The molecule has 2 aromatic rings. The third kappa shape index (κ3) is 1.66. The monoisotopic (exact) mass is 201 g/mol. The van der Waals surface area contributed by atoms with Gasteiger partial charge in [-0.15, -0.1) is 13.2 Å². The first-order valence-electron chi connectivity index (χ1n) is 3.70. The minimum absolute atomic E-state index is 0.254. The van der Waals surface area contributed by atoms with Crippen LogP contribution in [0.4, 0.5) is 13.2 Å². The molecule has 14 heavy (non-hydrogen) atoms. The van der Waals surface area contributed by atoms with Gasteiger partial charge in [0.15, 0.2) is 0 Å². The van der Waals surface area contributed by atoms with Gasteiger partial charge in [0, 0.05) is 6.07 Å². The van der Waals surface area contributed by atoms with E-state index >= 15 is 0 Å². The molecule has 0 bridgehead atoms. The van der Waals surface area contributed by atoms with Crippen LogP contribution in [-0.4, -0.2) is 6.36 Å². The van der Waals surface area contributed by atoms with Crippen LogP contribution in [-0.2, 0) is 0 Å². The molecule has 1 aromatic heterocycles. The van der Waals surface area contributed by atoms with Crippen molar-refractivity contribution in [3.8, 4) is 5.75 Å². The Morgan fingerprint density at radius 1 is 1.29 bits per heavy atom. The summed E-state index contributed by atoms with van der Waals surface area (Å²) in [5.74, 6) is -0.372. The number of fused-ring (bicyclic) bond motifs is 1. The molecule has 0 amide bonds. The highest BCUT2D eigenvalue weighted by Gasteiger charge is 2.32. The van der Waals surface area contributed by atoms with E-state index in [0.717, 1.165) is 0 Å². The van der Waals surface area contributed by atoms with E-state index in [2.05, 4.69) is 10.8 Å². The number of ether oxygens (including phenoxy) is 1. The van der Waals surface area contributed by atoms with Crippen LogP contribution in [0.5, 0.6) is 5.75 Å². The first-order valence-corrected chi connectivity index (χ1v) is 3.70. The Morgan fingerprint density at radius 3 is 2.79 bits per heavy atom. The number of halogens is 3. The smallest absolute Gasteiger partial charge is 0.464 e. The van der Waals surface area contributed by atoms with Gasteiger partial charge in [0.25, 0.3) is 0 Å². The SMILES string of the molecule is FC(F)(F)Oc1[c]ccc2occc12. The van der Waals surface area contributed by atoms with E-state index in [1.54, 1.807) is 0 Å². The van der Waals surface area contributed by atoms with Crippen LogP contribution in [0, 0.1) is 6.07 Å². The van der Waals surface area contributed by atoms with Crippen LogP contribution in [0.1, 0.15) is 0 Å². The highest BCUT2D eigenvalue weighted by Crippen LogP contribution is 2.30. The van der Waals surface area contributed by atoms with Crippen LogP contribution in [0.25, 0.3) is 11.0 Å². The van der Waals surface area contributed by atoms with Gasteiger partial charge in [-0.25, -0.2) is 0 Å². The maximum Gasteiger partial charge on any atom is 0.573 e. The summed E-state index contributed by atoms with van der Waals surface area (Å²) in [4.78, 5) is 0. The van der Waals surface area contributed by atoms with Crippen LogP contribution in [0.15, 0.2) is 28.9 Å².